The van der Waals surface area contributed by atoms with Crippen molar-refractivity contribution in [2.24, 2.45) is 0 Å². The van der Waals surface area contributed by atoms with E-state index in [4.69, 9.17) is 10.2 Å². The van der Waals surface area contributed by atoms with Crippen LogP contribution in [0.5, 0.6) is 0 Å². The summed E-state index contributed by atoms with van der Waals surface area (Å²) in [7, 11) is 0. The second kappa shape index (κ2) is 6.45. The lowest BCUT2D eigenvalue weighted by Gasteiger charge is -2.25. The number of nitrogens with two attached hydrogens (primary N) is 1. The highest BCUT2D eigenvalue weighted by Gasteiger charge is 2.14. The maximum atomic E-state index is 9.17. The van der Waals surface area contributed by atoms with Gasteiger partial charge in [0, 0.05) is 30.0 Å². The quantitative estimate of drug-likeness (QED) is 0.698. The van der Waals surface area contributed by atoms with Gasteiger partial charge in [-0.05, 0) is 37.3 Å². The second-order valence-electron chi connectivity index (χ2n) is 4.62. The molecule has 0 aliphatic rings. The molecule has 0 saturated carbocycles. The highest BCUT2D eigenvalue weighted by molar-refractivity contribution is 5.78. The molecule has 0 amide bonds. The molecule has 0 bridgehead atoms. The number of benzene rings is 1. The summed E-state index contributed by atoms with van der Waals surface area (Å²) in [6.45, 7) is 2.80. The average molecular weight is 276 g/mol. The van der Waals surface area contributed by atoms with Crippen molar-refractivity contribution in [1.29, 1.82) is 0 Å². The number of hydrogen-bond donors (Lipinski definition) is 3. The van der Waals surface area contributed by atoms with Crippen molar-refractivity contribution in [3.63, 3.8) is 0 Å². The minimum Gasteiger partial charge on any atom is -0.461 e. The van der Waals surface area contributed by atoms with Gasteiger partial charge in [-0.1, -0.05) is 0 Å². The van der Waals surface area contributed by atoms with Crippen molar-refractivity contribution >= 4 is 11.4 Å². The molecule has 20 heavy (non-hydrogen) atoms. The van der Waals surface area contributed by atoms with Gasteiger partial charge in [0.05, 0.1) is 13.2 Å². The minimum atomic E-state index is 0.0149. The summed E-state index contributed by atoms with van der Waals surface area (Å²) in [5.41, 5.74) is 8.25. The van der Waals surface area contributed by atoms with Gasteiger partial charge in [0.15, 0.2) is 0 Å². The number of furan rings is 1. The number of aliphatic hydroxyl groups is 2. The largest absolute Gasteiger partial charge is 0.461 e. The molecule has 1 heterocycles. The summed E-state index contributed by atoms with van der Waals surface area (Å²) in [5, 5.41) is 18.3. The third-order valence-electron chi connectivity index (χ3n) is 3.11. The summed E-state index contributed by atoms with van der Waals surface area (Å²) in [5.74, 6) is 1.55. The Morgan fingerprint density at radius 3 is 2.35 bits per heavy atom. The van der Waals surface area contributed by atoms with E-state index >= 15 is 0 Å². The van der Waals surface area contributed by atoms with E-state index in [1.54, 1.807) is 6.07 Å². The van der Waals surface area contributed by atoms with Crippen molar-refractivity contribution in [2.45, 2.75) is 6.92 Å². The lowest BCUT2D eigenvalue weighted by molar-refractivity contribution is 0.281. The van der Waals surface area contributed by atoms with E-state index in [0.29, 0.717) is 18.8 Å². The second-order valence-corrected chi connectivity index (χ2v) is 4.62. The number of anilines is 2. The first kappa shape index (κ1) is 14.4. The van der Waals surface area contributed by atoms with Crippen molar-refractivity contribution in [2.75, 3.05) is 36.9 Å². The summed E-state index contributed by atoms with van der Waals surface area (Å²) in [6, 6.07) is 9.31. The van der Waals surface area contributed by atoms with Crippen LogP contribution in [0.25, 0.3) is 11.3 Å². The van der Waals surface area contributed by atoms with Gasteiger partial charge in [-0.2, -0.15) is 0 Å². The van der Waals surface area contributed by atoms with Crippen molar-refractivity contribution in [3.05, 3.63) is 36.1 Å². The van der Waals surface area contributed by atoms with Crippen LogP contribution in [0.4, 0.5) is 11.4 Å². The number of aryl methyl sites for hydroxylation is 1. The van der Waals surface area contributed by atoms with Crippen molar-refractivity contribution < 1.29 is 14.6 Å². The Hall–Kier alpha value is -1.98. The van der Waals surface area contributed by atoms with Crippen LogP contribution >= 0.6 is 0 Å². The van der Waals surface area contributed by atoms with Gasteiger partial charge < -0.3 is 25.3 Å². The van der Waals surface area contributed by atoms with Gasteiger partial charge in [-0.25, -0.2) is 0 Å². The highest BCUT2D eigenvalue weighted by atomic mass is 16.3. The number of aliphatic hydroxyl groups excluding tert-OH is 2. The Labute approximate surface area is 118 Å². The normalized spacial score (nSPS) is 10.8. The van der Waals surface area contributed by atoms with E-state index in [-0.39, 0.29) is 13.2 Å². The van der Waals surface area contributed by atoms with Crippen LogP contribution in [0.3, 0.4) is 0 Å². The maximum Gasteiger partial charge on any atom is 0.136 e. The van der Waals surface area contributed by atoms with E-state index in [2.05, 4.69) is 0 Å². The fraction of sp³-hybridized carbons (Fsp3) is 0.333. The molecule has 1 aromatic heterocycles. The Bertz CT molecular complexity index is 560. The predicted octanol–water partition coefficient (Wildman–Crippen LogP) is 1.63. The zero-order valence-electron chi connectivity index (χ0n) is 11.5. The molecular weight excluding hydrogens is 256 g/mol. The van der Waals surface area contributed by atoms with Crippen LogP contribution in [-0.4, -0.2) is 36.5 Å². The van der Waals surface area contributed by atoms with E-state index in [1.165, 1.54) is 0 Å². The van der Waals surface area contributed by atoms with Gasteiger partial charge in [0.2, 0.25) is 0 Å². The van der Waals surface area contributed by atoms with E-state index < -0.39 is 0 Å². The summed E-state index contributed by atoms with van der Waals surface area (Å²) in [6.07, 6.45) is 0. The Balaban J connectivity index is 2.46. The smallest absolute Gasteiger partial charge is 0.136 e. The van der Waals surface area contributed by atoms with Gasteiger partial charge in [-0.15, -0.1) is 0 Å². The average Bonchev–Trinajstić information content (AvgIpc) is 2.85. The number of rotatable bonds is 6. The first-order chi connectivity index (χ1) is 9.65. The molecule has 2 rings (SSSR count). The monoisotopic (exact) mass is 276 g/mol. The van der Waals surface area contributed by atoms with Crippen LogP contribution in [0.2, 0.25) is 0 Å². The minimum absolute atomic E-state index is 0.0149. The molecule has 0 atom stereocenters. The molecule has 0 radical (unpaired) electrons. The topological polar surface area (TPSA) is 82.9 Å². The van der Waals surface area contributed by atoms with Crippen LogP contribution < -0.4 is 10.6 Å². The molecule has 108 valence electrons. The summed E-state index contributed by atoms with van der Waals surface area (Å²) < 4.78 is 5.66. The molecule has 2 aromatic rings. The number of hydrogen-bond acceptors (Lipinski definition) is 5. The molecule has 0 aliphatic carbocycles. The highest BCUT2D eigenvalue weighted by Crippen LogP contribution is 2.33. The number of nitrogen functional groups attached to an aromatic ring is 1. The van der Waals surface area contributed by atoms with Crippen molar-refractivity contribution in [1.82, 2.24) is 0 Å². The molecule has 4 N–H and O–H groups in total. The Morgan fingerprint density at radius 1 is 1.10 bits per heavy atom. The third-order valence-corrected chi connectivity index (χ3v) is 3.11. The number of nitrogens with zero attached hydrogens (tertiary/aromatic N) is 1. The fourth-order valence-corrected chi connectivity index (χ4v) is 2.20. The lowest BCUT2D eigenvalue weighted by Crippen LogP contribution is -2.30. The molecule has 0 fully saturated rings. The Kier molecular flexibility index (Phi) is 4.65. The standard InChI is InChI=1S/C15H20N2O3/c1-11-2-5-15(20-11)13-10-12(16)3-4-14(13)17(6-8-18)7-9-19/h2-5,10,18-19H,6-9,16H2,1H3. The molecular formula is C15H20N2O3. The first-order valence-corrected chi connectivity index (χ1v) is 6.58. The van der Waals surface area contributed by atoms with Gasteiger partial charge in [-0.3, -0.25) is 0 Å². The van der Waals surface area contributed by atoms with E-state index in [0.717, 1.165) is 22.8 Å². The fourth-order valence-electron chi connectivity index (χ4n) is 2.20. The summed E-state index contributed by atoms with van der Waals surface area (Å²) >= 11 is 0. The van der Waals surface area contributed by atoms with Crippen molar-refractivity contribution in [3.8, 4) is 11.3 Å². The molecule has 0 aliphatic heterocycles. The molecule has 5 nitrogen and oxygen atoms in total. The molecule has 0 spiro atoms. The third kappa shape index (κ3) is 3.12. The predicted molar refractivity (Wildman–Crippen MR) is 79.7 cm³/mol. The molecule has 5 heteroatoms. The SMILES string of the molecule is Cc1ccc(-c2cc(N)ccc2N(CCO)CCO)o1. The van der Waals surface area contributed by atoms with Crippen LogP contribution in [0, 0.1) is 6.92 Å². The lowest BCUT2D eigenvalue weighted by atomic mass is 10.1. The van der Waals surface area contributed by atoms with E-state index in [9.17, 15) is 10.2 Å². The zero-order valence-corrected chi connectivity index (χ0v) is 11.5. The van der Waals surface area contributed by atoms with Crippen LogP contribution in [0.15, 0.2) is 34.7 Å². The van der Waals surface area contributed by atoms with Gasteiger partial charge in [0.1, 0.15) is 11.5 Å². The van der Waals surface area contributed by atoms with Crippen LogP contribution in [-0.2, 0) is 0 Å². The molecule has 1 aromatic carbocycles. The first-order valence-electron chi connectivity index (χ1n) is 6.58. The molecule has 0 unspecified atom stereocenters. The zero-order chi connectivity index (χ0) is 14.5. The Morgan fingerprint density at radius 2 is 1.80 bits per heavy atom. The van der Waals surface area contributed by atoms with E-state index in [1.807, 2.05) is 36.1 Å². The van der Waals surface area contributed by atoms with Gasteiger partial charge >= 0.3 is 0 Å². The van der Waals surface area contributed by atoms with Gasteiger partial charge in [0.25, 0.3) is 0 Å². The maximum absolute atomic E-state index is 9.17. The summed E-state index contributed by atoms with van der Waals surface area (Å²) in [4.78, 5) is 1.91. The van der Waals surface area contributed by atoms with Crippen LogP contribution in [0.1, 0.15) is 5.76 Å². The molecule has 0 saturated heterocycles.